The van der Waals surface area contributed by atoms with Crippen LogP contribution in [0.25, 0.3) is 0 Å². The van der Waals surface area contributed by atoms with Gasteiger partial charge in [0.05, 0.1) is 5.69 Å². The van der Waals surface area contributed by atoms with Gasteiger partial charge < -0.3 is 15.0 Å². The first-order chi connectivity index (χ1) is 9.24. The zero-order valence-corrected chi connectivity index (χ0v) is 11.4. The predicted octanol–water partition coefficient (Wildman–Crippen LogP) is 2.21. The van der Waals surface area contributed by atoms with Crippen molar-refractivity contribution < 1.29 is 9.53 Å². The van der Waals surface area contributed by atoms with Crippen LogP contribution < -0.4 is 15.0 Å². The van der Waals surface area contributed by atoms with Crippen molar-refractivity contribution in [3.05, 3.63) is 23.2 Å². The van der Waals surface area contributed by atoms with E-state index in [2.05, 4.69) is 5.32 Å². The largest absolute Gasteiger partial charge is 0.482 e. The highest BCUT2D eigenvalue weighted by Gasteiger charge is 2.25. The van der Waals surface area contributed by atoms with Gasteiger partial charge in [0.1, 0.15) is 5.75 Å². The second-order valence-corrected chi connectivity index (χ2v) is 5.46. The van der Waals surface area contributed by atoms with Crippen LogP contribution in [0.1, 0.15) is 19.3 Å². The number of hydrogen-bond acceptors (Lipinski definition) is 3. The van der Waals surface area contributed by atoms with E-state index in [1.54, 1.807) is 17.0 Å². The third-order valence-corrected chi connectivity index (χ3v) is 3.67. The summed E-state index contributed by atoms with van der Waals surface area (Å²) in [6.45, 7) is 1.77. The molecule has 0 aromatic heterocycles. The minimum Gasteiger partial charge on any atom is -0.482 e. The molecule has 19 heavy (non-hydrogen) atoms. The van der Waals surface area contributed by atoms with Crippen LogP contribution in [0.15, 0.2) is 18.2 Å². The number of fused-ring (bicyclic) bond motifs is 1. The molecule has 0 atom stereocenters. The van der Waals surface area contributed by atoms with E-state index >= 15 is 0 Å². The molecule has 0 unspecified atom stereocenters. The van der Waals surface area contributed by atoms with Gasteiger partial charge in [0.2, 0.25) is 0 Å². The summed E-state index contributed by atoms with van der Waals surface area (Å²) in [5.74, 6) is 0.736. The monoisotopic (exact) mass is 280 g/mol. The van der Waals surface area contributed by atoms with Crippen LogP contribution in [-0.4, -0.2) is 31.6 Å². The van der Waals surface area contributed by atoms with E-state index in [4.69, 9.17) is 16.3 Å². The maximum Gasteiger partial charge on any atom is 0.265 e. The molecule has 1 aliphatic heterocycles. The number of hydrogen-bond donors (Lipinski definition) is 1. The van der Waals surface area contributed by atoms with Crippen LogP contribution in [0.5, 0.6) is 5.75 Å². The first-order valence-corrected chi connectivity index (χ1v) is 7.08. The maximum atomic E-state index is 11.9. The normalized spacial score (nSPS) is 18.2. The van der Waals surface area contributed by atoms with Crippen molar-refractivity contribution in [2.75, 3.05) is 24.6 Å². The molecule has 102 valence electrons. The lowest BCUT2D eigenvalue weighted by atomic mass is 10.2. The molecule has 1 heterocycles. The number of nitrogens with zero attached hydrogens (tertiary/aromatic N) is 1. The highest BCUT2D eigenvalue weighted by atomic mass is 35.5. The zero-order valence-electron chi connectivity index (χ0n) is 10.7. The summed E-state index contributed by atoms with van der Waals surface area (Å²) in [5.41, 5.74) is 0.787. The van der Waals surface area contributed by atoms with Gasteiger partial charge in [-0.3, -0.25) is 4.79 Å². The average Bonchev–Trinajstić information content (AvgIpc) is 3.20. The lowest BCUT2D eigenvalue weighted by Crippen LogP contribution is -2.40. The number of halogens is 1. The molecule has 1 N–H and O–H groups in total. The zero-order chi connectivity index (χ0) is 13.2. The summed E-state index contributed by atoms with van der Waals surface area (Å²) in [5, 5.41) is 4.07. The van der Waals surface area contributed by atoms with Crippen molar-refractivity contribution >= 4 is 23.2 Å². The predicted molar refractivity (Wildman–Crippen MR) is 74.9 cm³/mol. The molecule has 1 aliphatic carbocycles. The minimum atomic E-state index is 0.00110. The summed E-state index contributed by atoms with van der Waals surface area (Å²) in [7, 11) is 0. The molecule has 0 saturated heterocycles. The summed E-state index contributed by atoms with van der Waals surface area (Å²) in [6.07, 6.45) is 3.51. The Morgan fingerprint density at radius 1 is 1.42 bits per heavy atom. The van der Waals surface area contributed by atoms with Gasteiger partial charge in [-0.05, 0) is 44.0 Å². The molecule has 3 rings (SSSR count). The Labute approximate surface area is 117 Å². The summed E-state index contributed by atoms with van der Waals surface area (Å²) in [4.78, 5) is 13.7. The molecule has 1 aromatic rings. The highest BCUT2D eigenvalue weighted by molar-refractivity contribution is 6.31. The molecule has 1 saturated carbocycles. The third-order valence-electron chi connectivity index (χ3n) is 3.43. The van der Waals surface area contributed by atoms with Crippen LogP contribution >= 0.6 is 11.6 Å². The molecule has 4 nitrogen and oxygen atoms in total. The van der Waals surface area contributed by atoms with Crippen LogP contribution in [0.3, 0.4) is 0 Å². The molecular weight excluding hydrogens is 264 g/mol. The van der Waals surface area contributed by atoms with E-state index in [0.717, 1.165) is 24.4 Å². The Kier molecular flexibility index (Phi) is 3.62. The Morgan fingerprint density at radius 2 is 2.26 bits per heavy atom. The van der Waals surface area contributed by atoms with Crippen molar-refractivity contribution in [1.29, 1.82) is 0 Å². The summed E-state index contributed by atoms with van der Waals surface area (Å²) >= 11 is 5.99. The van der Waals surface area contributed by atoms with Gasteiger partial charge in [-0.25, -0.2) is 0 Å². The third kappa shape index (κ3) is 3.01. The smallest absolute Gasteiger partial charge is 0.265 e. The second kappa shape index (κ2) is 5.39. The Hall–Kier alpha value is -1.26. The SMILES string of the molecule is O=C1COc2ccc(Cl)cc2N1CCCNC1CC1. The minimum absolute atomic E-state index is 0.00110. The lowest BCUT2D eigenvalue weighted by Gasteiger charge is -2.29. The van der Waals surface area contributed by atoms with Crippen molar-refractivity contribution in [2.24, 2.45) is 0 Å². The van der Waals surface area contributed by atoms with Gasteiger partial charge in [0, 0.05) is 17.6 Å². The van der Waals surface area contributed by atoms with Gasteiger partial charge in [-0.15, -0.1) is 0 Å². The van der Waals surface area contributed by atoms with Crippen molar-refractivity contribution in [2.45, 2.75) is 25.3 Å². The van der Waals surface area contributed by atoms with E-state index in [9.17, 15) is 4.79 Å². The van der Waals surface area contributed by atoms with Crippen LogP contribution in [0, 0.1) is 0 Å². The van der Waals surface area contributed by atoms with E-state index < -0.39 is 0 Å². The van der Waals surface area contributed by atoms with Crippen LogP contribution in [-0.2, 0) is 4.79 Å². The Balaban J connectivity index is 1.65. The van der Waals surface area contributed by atoms with Crippen LogP contribution in [0.4, 0.5) is 5.69 Å². The second-order valence-electron chi connectivity index (χ2n) is 5.03. The number of anilines is 1. The fourth-order valence-electron chi connectivity index (χ4n) is 2.25. The van der Waals surface area contributed by atoms with Crippen molar-refractivity contribution in [1.82, 2.24) is 5.32 Å². The molecule has 1 amide bonds. The number of rotatable bonds is 5. The number of nitrogens with one attached hydrogen (secondary N) is 1. The van der Waals surface area contributed by atoms with E-state index in [1.807, 2.05) is 6.07 Å². The molecule has 0 spiro atoms. The number of carbonyl (C=O) groups excluding carboxylic acids is 1. The van der Waals surface area contributed by atoms with Crippen molar-refractivity contribution in [3.8, 4) is 5.75 Å². The van der Waals surface area contributed by atoms with Gasteiger partial charge in [0.25, 0.3) is 5.91 Å². The molecular formula is C14H17ClN2O2. The number of amides is 1. The topological polar surface area (TPSA) is 41.6 Å². The number of benzene rings is 1. The Morgan fingerprint density at radius 3 is 3.05 bits per heavy atom. The molecule has 1 aromatic carbocycles. The first-order valence-electron chi connectivity index (χ1n) is 6.70. The highest BCUT2D eigenvalue weighted by Crippen LogP contribution is 2.34. The van der Waals surface area contributed by atoms with Gasteiger partial charge >= 0.3 is 0 Å². The fraction of sp³-hybridized carbons (Fsp3) is 0.500. The average molecular weight is 281 g/mol. The molecule has 0 bridgehead atoms. The summed E-state index contributed by atoms with van der Waals surface area (Å²) in [6, 6.07) is 6.10. The number of ether oxygens (including phenoxy) is 1. The van der Waals surface area contributed by atoms with E-state index in [0.29, 0.717) is 17.6 Å². The summed E-state index contributed by atoms with van der Waals surface area (Å²) < 4.78 is 5.41. The molecule has 0 radical (unpaired) electrons. The van der Waals surface area contributed by atoms with Crippen LogP contribution in [0.2, 0.25) is 5.02 Å². The lowest BCUT2D eigenvalue weighted by molar-refractivity contribution is -0.121. The van der Waals surface area contributed by atoms with Crippen molar-refractivity contribution in [3.63, 3.8) is 0 Å². The number of carbonyl (C=O) groups is 1. The van der Waals surface area contributed by atoms with Gasteiger partial charge in [-0.2, -0.15) is 0 Å². The molecule has 2 aliphatic rings. The molecule has 1 fully saturated rings. The maximum absolute atomic E-state index is 11.9. The van der Waals surface area contributed by atoms with E-state index in [-0.39, 0.29) is 12.5 Å². The standard InChI is InChI=1S/C14H17ClN2O2/c15-10-2-5-13-12(8-10)17(14(18)9-19-13)7-1-6-16-11-3-4-11/h2,5,8,11,16H,1,3-4,6-7,9H2. The van der Waals surface area contributed by atoms with Gasteiger partial charge in [-0.1, -0.05) is 11.6 Å². The molecule has 5 heteroatoms. The Bertz CT molecular complexity index is 488. The first kappa shape index (κ1) is 12.8. The van der Waals surface area contributed by atoms with E-state index in [1.165, 1.54) is 12.8 Å². The quantitative estimate of drug-likeness (QED) is 0.841. The van der Waals surface area contributed by atoms with Gasteiger partial charge in [0.15, 0.2) is 6.61 Å². The fourth-order valence-corrected chi connectivity index (χ4v) is 2.42.